The van der Waals surface area contributed by atoms with E-state index in [4.69, 9.17) is 4.74 Å². The van der Waals surface area contributed by atoms with Gasteiger partial charge >= 0.3 is 0 Å². The SMILES string of the molecule is ICNCC[C@@]1(I)CCOC2(CCCC2)C1. The Balaban J connectivity index is 1.89. The van der Waals surface area contributed by atoms with Gasteiger partial charge in [-0.3, -0.25) is 0 Å². The van der Waals surface area contributed by atoms with Gasteiger partial charge in [0.1, 0.15) is 0 Å². The third kappa shape index (κ3) is 3.45. The Labute approximate surface area is 126 Å². The molecule has 0 radical (unpaired) electrons. The smallest absolute Gasteiger partial charge is 0.0695 e. The van der Waals surface area contributed by atoms with E-state index >= 15 is 0 Å². The minimum atomic E-state index is 0.268. The van der Waals surface area contributed by atoms with Gasteiger partial charge in [0.05, 0.1) is 5.60 Å². The molecule has 0 bridgehead atoms. The third-order valence-electron chi connectivity index (χ3n) is 3.96. The standard InChI is InChI=1S/C12H21I2NO/c13-10-15-7-5-11(14)6-8-16-12(9-11)3-1-2-4-12/h15H,1-10H2/t11-/m1/s1. The average Bonchev–Trinajstić information content (AvgIpc) is 2.66. The largest absolute Gasteiger partial charge is 0.375 e. The summed E-state index contributed by atoms with van der Waals surface area (Å²) in [6.07, 6.45) is 9.16. The fourth-order valence-corrected chi connectivity index (χ4v) is 4.67. The first kappa shape index (κ1) is 13.8. The maximum Gasteiger partial charge on any atom is 0.0695 e. The lowest BCUT2D eigenvalue weighted by molar-refractivity contribution is -0.0831. The van der Waals surface area contributed by atoms with E-state index in [0.717, 1.165) is 17.7 Å². The molecule has 16 heavy (non-hydrogen) atoms. The van der Waals surface area contributed by atoms with E-state index in [2.05, 4.69) is 50.5 Å². The second kappa shape index (κ2) is 6.02. The van der Waals surface area contributed by atoms with Gasteiger partial charge in [0.15, 0.2) is 0 Å². The van der Waals surface area contributed by atoms with Gasteiger partial charge in [-0.1, -0.05) is 58.0 Å². The summed E-state index contributed by atoms with van der Waals surface area (Å²) in [5.41, 5.74) is 0.268. The number of halogens is 2. The first-order valence-electron chi connectivity index (χ1n) is 6.28. The van der Waals surface area contributed by atoms with Crippen LogP contribution in [0.3, 0.4) is 0 Å². The minimum absolute atomic E-state index is 0.268. The van der Waals surface area contributed by atoms with E-state index in [1.165, 1.54) is 44.9 Å². The van der Waals surface area contributed by atoms with Gasteiger partial charge in [0.2, 0.25) is 0 Å². The molecule has 94 valence electrons. The zero-order valence-corrected chi connectivity index (χ0v) is 14.1. The third-order valence-corrected chi connectivity index (χ3v) is 5.96. The number of hydrogen-bond donors (Lipinski definition) is 1. The van der Waals surface area contributed by atoms with Gasteiger partial charge in [-0.05, 0) is 38.6 Å². The van der Waals surface area contributed by atoms with Gasteiger partial charge in [-0.15, -0.1) is 0 Å². The molecule has 0 unspecified atom stereocenters. The highest BCUT2D eigenvalue weighted by Gasteiger charge is 2.45. The van der Waals surface area contributed by atoms with Crippen molar-refractivity contribution >= 4 is 45.2 Å². The first-order chi connectivity index (χ1) is 7.68. The molecule has 1 saturated heterocycles. The zero-order valence-electron chi connectivity index (χ0n) is 9.74. The van der Waals surface area contributed by atoms with Gasteiger partial charge < -0.3 is 10.1 Å². The Morgan fingerprint density at radius 3 is 2.62 bits per heavy atom. The van der Waals surface area contributed by atoms with Crippen LogP contribution in [-0.4, -0.2) is 26.7 Å². The van der Waals surface area contributed by atoms with Crippen LogP contribution in [0.5, 0.6) is 0 Å². The van der Waals surface area contributed by atoms with E-state index in [1.807, 2.05) is 0 Å². The fraction of sp³-hybridized carbons (Fsp3) is 1.00. The van der Waals surface area contributed by atoms with Crippen LogP contribution in [0, 0.1) is 0 Å². The van der Waals surface area contributed by atoms with Crippen molar-refractivity contribution in [2.45, 2.75) is 54.0 Å². The highest BCUT2D eigenvalue weighted by Crippen LogP contribution is 2.48. The Kier molecular flexibility index (Phi) is 5.19. The van der Waals surface area contributed by atoms with Crippen LogP contribution in [0.15, 0.2) is 0 Å². The molecule has 0 aromatic carbocycles. The van der Waals surface area contributed by atoms with E-state index in [1.54, 1.807) is 0 Å². The van der Waals surface area contributed by atoms with Gasteiger partial charge in [-0.2, -0.15) is 0 Å². The number of hydrogen-bond acceptors (Lipinski definition) is 2. The lowest BCUT2D eigenvalue weighted by atomic mass is 9.83. The molecule has 1 N–H and O–H groups in total. The predicted octanol–water partition coefficient (Wildman–Crippen LogP) is 3.66. The molecule has 1 aliphatic heterocycles. The molecule has 2 aliphatic rings. The second-order valence-electron chi connectivity index (χ2n) is 5.20. The van der Waals surface area contributed by atoms with Crippen LogP contribution >= 0.6 is 45.2 Å². The summed E-state index contributed by atoms with van der Waals surface area (Å²) in [4.78, 5) is 0. The Morgan fingerprint density at radius 1 is 1.19 bits per heavy atom. The molecule has 4 heteroatoms. The van der Waals surface area contributed by atoms with Gasteiger partial charge in [-0.25, -0.2) is 0 Å². The molecule has 0 aromatic rings. The minimum Gasteiger partial charge on any atom is -0.375 e. The van der Waals surface area contributed by atoms with Crippen molar-refractivity contribution in [3.63, 3.8) is 0 Å². The van der Waals surface area contributed by atoms with Crippen LogP contribution in [0.4, 0.5) is 0 Å². The predicted molar refractivity (Wildman–Crippen MR) is 84.6 cm³/mol. The van der Waals surface area contributed by atoms with Crippen LogP contribution < -0.4 is 5.32 Å². The summed E-state index contributed by atoms with van der Waals surface area (Å²) in [5.74, 6) is 0. The molecule has 1 aliphatic carbocycles. The highest BCUT2D eigenvalue weighted by atomic mass is 127. The molecule has 2 rings (SSSR count). The molecular weight excluding hydrogens is 428 g/mol. The molecular formula is C12H21I2NO. The molecule has 1 atom stereocenters. The summed E-state index contributed by atoms with van der Waals surface area (Å²) >= 11 is 5.09. The Bertz CT molecular complexity index is 231. The molecule has 1 spiro atoms. The summed E-state index contributed by atoms with van der Waals surface area (Å²) in [7, 11) is 0. The van der Waals surface area contributed by atoms with E-state index in [-0.39, 0.29) is 5.60 Å². The summed E-state index contributed by atoms with van der Waals surface area (Å²) < 4.78 is 7.65. The van der Waals surface area contributed by atoms with Crippen LogP contribution in [0.25, 0.3) is 0 Å². The maximum atomic E-state index is 6.10. The van der Waals surface area contributed by atoms with Crippen molar-refractivity contribution < 1.29 is 4.74 Å². The van der Waals surface area contributed by atoms with Gasteiger partial charge in [0, 0.05) is 14.6 Å². The molecule has 1 heterocycles. The van der Waals surface area contributed by atoms with Crippen molar-refractivity contribution in [3.05, 3.63) is 0 Å². The molecule has 1 saturated carbocycles. The lowest BCUT2D eigenvalue weighted by Crippen LogP contribution is -2.45. The van der Waals surface area contributed by atoms with Crippen LogP contribution in [0.1, 0.15) is 44.9 Å². The average molecular weight is 449 g/mol. The molecule has 0 amide bonds. The normalized spacial score (nSPS) is 33.4. The fourth-order valence-electron chi connectivity index (χ4n) is 3.10. The summed E-state index contributed by atoms with van der Waals surface area (Å²) in [6.45, 7) is 2.13. The van der Waals surface area contributed by atoms with Crippen molar-refractivity contribution in [3.8, 4) is 0 Å². The molecule has 0 aromatic heterocycles. The second-order valence-corrected chi connectivity index (χ2v) is 8.25. The van der Waals surface area contributed by atoms with Crippen LogP contribution in [-0.2, 0) is 4.74 Å². The quantitative estimate of drug-likeness (QED) is 0.307. The maximum absolute atomic E-state index is 6.10. The monoisotopic (exact) mass is 449 g/mol. The molecule has 2 nitrogen and oxygen atoms in total. The first-order valence-corrected chi connectivity index (χ1v) is 8.88. The number of alkyl halides is 2. The van der Waals surface area contributed by atoms with Crippen molar-refractivity contribution in [2.24, 2.45) is 0 Å². The number of ether oxygens (including phenoxy) is 1. The lowest BCUT2D eigenvalue weighted by Gasteiger charge is -2.43. The number of nitrogens with one attached hydrogen (secondary N) is 1. The van der Waals surface area contributed by atoms with E-state index < -0.39 is 0 Å². The highest BCUT2D eigenvalue weighted by molar-refractivity contribution is 14.1. The van der Waals surface area contributed by atoms with E-state index in [9.17, 15) is 0 Å². The number of rotatable bonds is 4. The molecule has 2 fully saturated rings. The Hall–Kier alpha value is 1.38. The topological polar surface area (TPSA) is 21.3 Å². The summed E-state index contributed by atoms with van der Waals surface area (Å²) in [5, 5.41) is 3.44. The Morgan fingerprint density at radius 2 is 1.94 bits per heavy atom. The van der Waals surface area contributed by atoms with Crippen molar-refractivity contribution in [2.75, 3.05) is 17.7 Å². The summed E-state index contributed by atoms with van der Waals surface area (Å²) in [6, 6.07) is 0. The zero-order chi connectivity index (χ0) is 11.5. The van der Waals surface area contributed by atoms with E-state index in [0.29, 0.717) is 3.42 Å². The van der Waals surface area contributed by atoms with Crippen molar-refractivity contribution in [1.82, 2.24) is 5.32 Å². The van der Waals surface area contributed by atoms with Gasteiger partial charge in [0.25, 0.3) is 0 Å². The van der Waals surface area contributed by atoms with Crippen molar-refractivity contribution in [1.29, 1.82) is 0 Å². The van der Waals surface area contributed by atoms with Crippen LogP contribution in [0.2, 0.25) is 0 Å².